The van der Waals surface area contributed by atoms with E-state index in [9.17, 15) is 9.59 Å². The lowest BCUT2D eigenvalue weighted by Gasteiger charge is -2.11. The smallest absolute Gasteiger partial charge is 0.326 e. The normalized spacial score (nSPS) is 10.0. The van der Waals surface area contributed by atoms with Crippen molar-refractivity contribution < 1.29 is 19.1 Å². The molecule has 1 aromatic rings. The molecule has 7 heteroatoms. The van der Waals surface area contributed by atoms with Gasteiger partial charge in [-0.05, 0) is 6.07 Å². The number of methoxy groups -OCH3 is 2. The highest BCUT2D eigenvalue weighted by atomic mass is 35.5. The number of nitrogens with zero attached hydrogens (tertiary/aromatic N) is 2. The minimum atomic E-state index is -1.24. The Morgan fingerprint density at radius 1 is 1.25 bits per heavy atom. The van der Waals surface area contributed by atoms with Crippen molar-refractivity contribution in [3.63, 3.8) is 0 Å². The first-order chi connectivity index (χ1) is 7.60. The van der Waals surface area contributed by atoms with Gasteiger partial charge in [-0.2, -0.15) is 0 Å². The highest BCUT2D eigenvalue weighted by molar-refractivity contribution is 6.29. The third-order valence-corrected chi connectivity index (χ3v) is 2.03. The summed E-state index contributed by atoms with van der Waals surface area (Å²) in [6.45, 7) is 0. The van der Waals surface area contributed by atoms with E-state index in [1.54, 1.807) is 0 Å². The zero-order valence-corrected chi connectivity index (χ0v) is 9.39. The van der Waals surface area contributed by atoms with Gasteiger partial charge in [-0.15, -0.1) is 0 Å². The highest BCUT2D eigenvalue weighted by Gasteiger charge is 2.32. The molecule has 1 rings (SSSR count). The van der Waals surface area contributed by atoms with Gasteiger partial charge in [-0.25, -0.2) is 9.97 Å². The van der Waals surface area contributed by atoms with Crippen LogP contribution < -0.4 is 0 Å². The number of hydrogen-bond acceptors (Lipinski definition) is 6. The van der Waals surface area contributed by atoms with Crippen LogP contribution in [0.3, 0.4) is 0 Å². The van der Waals surface area contributed by atoms with Gasteiger partial charge in [0.1, 0.15) is 11.5 Å². The van der Waals surface area contributed by atoms with Crippen molar-refractivity contribution in [1.82, 2.24) is 9.97 Å². The van der Waals surface area contributed by atoms with E-state index in [0.29, 0.717) is 0 Å². The third-order valence-electron chi connectivity index (χ3n) is 1.82. The Morgan fingerprint density at radius 2 is 1.81 bits per heavy atom. The van der Waals surface area contributed by atoms with E-state index in [-0.39, 0.29) is 10.8 Å². The summed E-state index contributed by atoms with van der Waals surface area (Å²) < 4.78 is 8.97. The van der Waals surface area contributed by atoms with Crippen LogP contribution in [0, 0.1) is 0 Å². The van der Waals surface area contributed by atoms with Crippen LogP contribution in [-0.4, -0.2) is 36.1 Å². The molecule has 0 saturated carbocycles. The summed E-state index contributed by atoms with van der Waals surface area (Å²) in [7, 11) is 2.34. The van der Waals surface area contributed by atoms with Gasteiger partial charge >= 0.3 is 11.9 Å². The second-order valence-corrected chi connectivity index (χ2v) is 3.13. The number of rotatable bonds is 3. The Hall–Kier alpha value is -1.69. The first-order valence-corrected chi connectivity index (χ1v) is 4.61. The lowest BCUT2D eigenvalue weighted by molar-refractivity contribution is -0.154. The maximum atomic E-state index is 11.4. The van der Waals surface area contributed by atoms with Crippen LogP contribution >= 0.6 is 11.6 Å². The summed E-state index contributed by atoms with van der Waals surface area (Å²) in [6, 6.07) is 1.31. The van der Waals surface area contributed by atoms with Crippen molar-refractivity contribution in [2.75, 3.05) is 14.2 Å². The number of halogens is 1. The molecule has 0 aliphatic carbocycles. The van der Waals surface area contributed by atoms with Gasteiger partial charge in [-0.1, -0.05) is 11.6 Å². The molecule has 0 aliphatic rings. The van der Waals surface area contributed by atoms with Crippen LogP contribution in [0.2, 0.25) is 5.15 Å². The molecule has 16 heavy (non-hydrogen) atoms. The van der Waals surface area contributed by atoms with E-state index >= 15 is 0 Å². The van der Waals surface area contributed by atoms with Gasteiger partial charge in [0.25, 0.3) is 0 Å². The average molecular weight is 245 g/mol. The summed E-state index contributed by atoms with van der Waals surface area (Å²) >= 11 is 5.63. The van der Waals surface area contributed by atoms with E-state index in [1.807, 2.05) is 0 Å². The molecule has 0 amide bonds. The molecular formula is C9H9ClN2O4. The molecule has 0 aliphatic heterocycles. The van der Waals surface area contributed by atoms with Crippen molar-refractivity contribution in [1.29, 1.82) is 0 Å². The van der Waals surface area contributed by atoms with Gasteiger partial charge in [0.05, 0.1) is 19.9 Å². The Bertz CT molecular complexity index is 394. The average Bonchev–Trinajstić information content (AvgIpc) is 2.29. The Labute approximate surface area is 96.5 Å². The maximum Gasteiger partial charge on any atom is 0.326 e. The first-order valence-electron chi connectivity index (χ1n) is 4.23. The summed E-state index contributed by atoms with van der Waals surface area (Å²) in [5.74, 6) is -2.77. The van der Waals surface area contributed by atoms with Gasteiger partial charge < -0.3 is 9.47 Å². The molecule has 86 valence electrons. The minimum absolute atomic E-state index is 0.128. The highest BCUT2D eigenvalue weighted by Crippen LogP contribution is 2.18. The fourth-order valence-corrected chi connectivity index (χ4v) is 1.23. The predicted octanol–water partition coefficient (Wildman–Crippen LogP) is 0.560. The third kappa shape index (κ3) is 2.66. The SMILES string of the molecule is COC(=O)C(C(=O)OC)c1cc(Cl)ncn1. The molecule has 0 atom stereocenters. The van der Waals surface area contributed by atoms with Gasteiger partial charge in [0.15, 0.2) is 5.92 Å². The van der Waals surface area contributed by atoms with Crippen molar-refractivity contribution in [2.45, 2.75) is 5.92 Å². The predicted molar refractivity (Wildman–Crippen MR) is 53.8 cm³/mol. The second kappa shape index (κ2) is 5.41. The molecule has 0 unspecified atom stereocenters. The van der Waals surface area contributed by atoms with Crippen LogP contribution in [0.4, 0.5) is 0 Å². The molecule has 0 radical (unpaired) electrons. The topological polar surface area (TPSA) is 78.4 Å². The van der Waals surface area contributed by atoms with Crippen LogP contribution in [-0.2, 0) is 19.1 Å². The van der Waals surface area contributed by atoms with Gasteiger partial charge in [0, 0.05) is 0 Å². The van der Waals surface area contributed by atoms with Crippen molar-refractivity contribution in [3.05, 3.63) is 23.2 Å². The Kier molecular flexibility index (Phi) is 4.19. The molecule has 6 nitrogen and oxygen atoms in total. The summed E-state index contributed by atoms with van der Waals surface area (Å²) in [4.78, 5) is 30.2. The molecule has 0 bridgehead atoms. The van der Waals surface area contributed by atoms with Crippen LogP contribution in [0.1, 0.15) is 11.6 Å². The summed E-state index contributed by atoms with van der Waals surface area (Å²) in [5.41, 5.74) is 0.138. The van der Waals surface area contributed by atoms with E-state index < -0.39 is 17.9 Å². The molecule has 1 heterocycles. The minimum Gasteiger partial charge on any atom is -0.468 e. The monoisotopic (exact) mass is 244 g/mol. The number of hydrogen-bond donors (Lipinski definition) is 0. The standard InChI is InChI=1S/C9H9ClN2O4/c1-15-8(13)7(9(14)16-2)5-3-6(10)12-4-11-5/h3-4,7H,1-2H3. The number of carbonyl (C=O) groups excluding carboxylic acids is 2. The van der Waals surface area contributed by atoms with Crippen molar-refractivity contribution in [2.24, 2.45) is 0 Å². The van der Waals surface area contributed by atoms with Crippen LogP contribution in [0.15, 0.2) is 12.4 Å². The number of aromatic nitrogens is 2. The fourth-order valence-electron chi connectivity index (χ4n) is 1.08. The zero-order chi connectivity index (χ0) is 12.1. The number of esters is 2. The molecule has 1 aromatic heterocycles. The van der Waals surface area contributed by atoms with E-state index in [0.717, 1.165) is 6.33 Å². The fraction of sp³-hybridized carbons (Fsp3) is 0.333. The summed E-state index contributed by atoms with van der Waals surface area (Å²) in [5, 5.41) is 0.128. The summed E-state index contributed by atoms with van der Waals surface area (Å²) in [6.07, 6.45) is 1.15. The Morgan fingerprint density at radius 3 is 2.25 bits per heavy atom. The lowest BCUT2D eigenvalue weighted by atomic mass is 10.1. The zero-order valence-electron chi connectivity index (χ0n) is 8.64. The van der Waals surface area contributed by atoms with Crippen LogP contribution in [0.5, 0.6) is 0 Å². The van der Waals surface area contributed by atoms with Crippen molar-refractivity contribution >= 4 is 23.5 Å². The van der Waals surface area contributed by atoms with Gasteiger partial charge in [-0.3, -0.25) is 9.59 Å². The lowest BCUT2D eigenvalue weighted by Crippen LogP contribution is -2.25. The molecular weight excluding hydrogens is 236 g/mol. The van der Waals surface area contributed by atoms with Crippen LogP contribution in [0.25, 0.3) is 0 Å². The Balaban J connectivity index is 3.10. The number of ether oxygens (including phenoxy) is 2. The molecule has 0 spiro atoms. The molecule has 0 aromatic carbocycles. The van der Waals surface area contributed by atoms with E-state index in [1.165, 1.54) is 20.3 Å². The van der Waals surface area contributed by atoms with Crippen molar-refractivity contribution in [3.8, 4) is 0 Å². The molecule has 0 N–H and O–H groups in total. The molecule has 0 saturated heterocycles. The maximum absolute atomic E-state index is 11.4. The number of carbonyl (C=O) groups is 2. The van der Waals surface area contributed by atoms with E-state index in [4.69, 9.17) is 11.6 Å². The first kappa shape index (κ1) is 12.4. The van der Waals surface area contributed by atoms with Gasteiger partial charge in [0.2, 0.25) is 0 Å². The largest absolute Gasteiger partial charge is 0.468 e. The van der Waals surface area contributed by atoms with E-state index in [2.05, 4.69) is 19.4 Å². The molecule has 0 fully saturated rings. The quantitative estimate of drug-likeness (QED) is 0.439. The second-order valence-electron chi connectivity index (χ2n) is 2.74.